The lowest BCUT2D eigenvalue weighted by Crippen LogP contribution is -2.41. The molecule has 0 aromatic heterocycles. The lowest BCUT2D eigenvalue weighted by atomic mass is 9.81. The molecule has 4 heteroatoms. The van der Waals surface area contributed by atoms with Gasteiger partial charge in [0.2, 0.25) is 5.91 Å². The van der Waals surface area contributed by atoms with Gasteiger partial charge in [0.25, 0.3) is 0 Å². The largest absolute Gasteiger partial charge is 0.481 e. The third kappa shape index (κ3) is 1.65. The monoisotopic (exact) mass is 265 g/mol. The number of fused-ring (bicyclic) bond motifs is 1. The minimum absolute atomic E-state index is 0.168. The average molecular weight is 265 g/mol. The highest BCUT2D eigenvalue weighted by Gasteiger charge is 2.60. The highest BCUT2D eigenvalue weighted by Crippen LogP contribution is 2.56. The van der Waals surface area contributed by atoms with E-state index < -0.39 is 11.4 Å². The van der Waals surface area contributed by atoms with Crippen molar-refractivity contribution < 1.29 is 14.7 Å². The summed E-state index contributed by atoms with van der Waals surface area (Å²) in [7, 11) is 0. The smallest absolute Gasteiger partial charge is 0.311 e. The first-order chi connectivity index (χ1) is 8.92. The van der Waals surface area contributed by atoms with Crippen molar-refractivity contribution >= 4 is 11.9 Å². The number of carboxylic acid groups (broad SMARTS) is 1. The fraction of sp³-hybridized carbons (Fsp3) is 0.867. The molecular weight excluding hydrogens is 242 g/mol. The molecule has 1 N–H and O–H groups in total. The van der Waals surface area contributed by atoms with Crippen LogP contribution in [-0.4, -0.2) is 35.0 Å². The number of carboxylic acids is 1. The van der Waals surface area contributed by atoms with E-state index in [4.69, 9.17) is 0 Å². The summed E-state index contributed by atoms with van der Waals surface area (Å²) in [6.07, 6.45) is 4.65. The highest BCUT2D eigenvalue weighted by molar-refractivity contribution is 5.87. The molecule has 2 atom stereocenters. The minimum atomic E-state index is -0.695. The second kappa shape index (κ2) is 3.97. The van der Waals surface area contributed by atoms with Gasteiger partial charge in [-0.3, -0.25) is 9.59 Å². The number of hydrogen-bond donors (Lipinski definition) is 1. The number of hydrogen-bond acceptors (Lipinski definition) is 2. The number of nitrogens with zero attached hydrogens (tertiary/aromatic N) is 1. The van der Waals surface area contributed by atoms with E-state index in [9.17, 15) is 14.7 Å². The fourth-order valence-corrected chi connectivity index (χ4v) is 4.28. The van der Waals surface area contributed by atoms with Crippen molar-refractivity contribution in [3.8, 4) is 0 Å². The van der Waals surface area contributed by atoms with Gasteiger partial charge in [-0.05, 0) is 37.5 Å². The minimum Gasteiger partial charge on any atom is -0.481 e. The maximum atomic E-state index is 12.7. The van der Waals surface area contributed by atoms with Crippen LogP contribution < -0.4 is 0 Å². The summed E-state index contributed by atoms with van der Waals surface area (Å²) < 4.78 is 0. The first-order valence-corrected chi connectivity index (χ1v) is 7.45. The van der Waals surface area contributed by atoms with Crippen LogP contribution in [0.4, 0.5) is 0 Å². The van der Waals surface area contributed by atoms with Gasteiger partial charge in [0.1, 0.15) is 0 Å². The van der Waals surface area contributed by atoms with Crippen molar-refractivity contribution in [3.05, 3.63) is 0 Å². The lowest BCUT2D eigenvalue weighted by Gasteiger charge is -2.27. The first-order valence-electron chi connectivity index (χ1n) is 7.45. The molecule has 1 aliphatic heterocycles. The summed E-state index contributed by atoms with van der Waals surface area (Å²) in [5, 5.41) is 9.56. The number of rotatable bonds is 3. The molecule has 0 radical (unpaired) electrons. The molecule has 3 rings (SSSR count). The number of likely N-dealkylation sites (tertiary alicyclic amines) is 1. The Morgan fingerprint density at radius 1 is 1.26 bits per heavy atom. The summed E-state index contributed by atoms with van der Waals surface area (Å²) in [6.45, 7) is 5.32. The van der Waals surface area contributed by atoms with Gasteiger partial charge in [-0.2, -0.15) is 0 Å². The summed E-state index contributed by atoms with van der Waals surface area (Å²) in [4.78, 5) is 26.2. The molecule has 0 unspecified atom stereocenters. The maximum absolute atomic E-state index is 12.7. The van der Waals surface area contributed by atoms with Gasteiger partial charge in [0.05, 0.1) is 10.8 Å². The molecule has 1 saturated heterocycles. The van der Waals surface area contributed by atoms with E-state index >= 15 is 0 Å². The second-order valence-electron chi connectivity index (χ2n) is 7.05. The van der Waals surface area contributed by atoms with Crippen molar-refractivity contribution in [2.24, 2.45) is 22.7 Å². The number of carbonyl (C=O) groups excluding carboxylic acids is 1. The van der Waals surface area contributed by atoms with Crippen LogP contribution in [0.25, 0.3) is 0 Å². The van der Waals surface area contributed by atoms with Crippen molar-refractivity contribution in [3.63, 3.8) is 0 Å². The summed E-state index contributed by atoms with van der Waals surface area (Å²) in [5.74, 6) is 0.0651. The summed E-state index contributed by atoms with van der Waals surface area (Å²) in [5.41, 5.74) is -0.805. The molecule has 19 heavy (non-hydrogen) atoms. The summed E-state index contributed by atoms with van der Waals surface area (Å²) >= 11 is 0. The van der Waals surface area contributed by atoms with E-state index in [-0.39, 0.29) is 17.2 Å². The van der Waals surface area contributed by atoms with E-state index in [1.165, 1.54) is 0 Å². The van der Waals surface area contributed by atoms with Gasteiger partial charge in [0, 0.05) is 13.1 Å². The van der Waals surface area contributed by atoms with Crippen molar-refractivity contribution in [1.82, 2.24) is 4.90 Å². The third-order valence-electron chi connectivity index (χ3n) is 5.90. The topological polar surface area (TPSA) is 57.6 Å². The molecule has 2 aliphatic carbocycles. The normalized spacial score (nSPS) is 35.5. The molecule has 106 valence electrons. The van der Waals surface area contributed by atoms with Gasteiger partial charge in [-0.15, -0.1) is 0 Å². The van der Waals surface area contributed by atoms with Crippen LogP contribution in [0.15, 0.2) is 0 Å². The Balaban J connectivity index is 1.79. The van der Waals surface area contributed by atoms with E-state index in [1.807, 2.05) is 4.90 Å². The molecule has 3 aliphatic rings. The Labute approximate surface area is 114 Å². The zero-order chi connectivity index (χ0) is 13.8. The van der Waals surface area contributed by atoms with E-state index in [1.54, 1.807) is 0 Å². The van der Waals surface area contributed by atoms with Crippen LogP contribution in [0.1, 0.15) is 46.0 Å². The Kier molecular flexibility index (Phi) is 2.70. The van der Waals surface area contributed by atoms with Crippen LogP contribution in [0, 0.1) is 22.7 Å². The standard InChI is InChI=1S/C15H23NO3/c1-10(2)14(6-7-14)12(17)16-8-11-4-3-5-15(11,9-16)13(18)19/h10-11H,3-9H2,1-2H3,(H,18,19)/t11-,15+/m0/s1. The predicted molar refractivity (Wildman–Crippen MR) is 70.5 cm³/mol. The molecule has 2 saturated carbocycles. The zero-order valence-corrected chi connectivity index (χ0v) is 11.8. The Bertz CT molecular complexity index is 427. The Morgan fingerprint density at radius 3 is 2.42 bits per heavy atom. The molecule has 0 aromatic carbocycles. The molecule has 3 fully saturated rings. The SMILES string of the molecule is CC(C)C1(C(=O)N2C[C@@H]3CCC[C@@]3(C(=O)O)C2)CC1. The van der Waals surface area contributed by atoms with Crippen LogP contribution in [-0.2, 0) is 9.59 Å². The molecule has 1 amide bonds. The Hall–Kier alpha value is -1.06. The van der Waals surface area contributed by atoms with Crippen molar-refractivity contribution in [1.29, 1.82) is 0 Å². The highest BCUT2D eigenvalue weighted by atomic mass is 16.4. The number of aliphatic carboxylic acids is 1. The molecule has 0 bridgehead atoms. The van der Waals surface area contributed by atoms with Crippen LogP contribution in [0.5, 0.6) is 0 Å². The van der Waals surface area contributed by atoms with E-state index in [2.05, 4.69) is 13.8 Å². The van der Waals surface area contributed by atoms with Gasteiger partial charge < -0.3 is 10.0 Å². The van der Waals surface area contributed by atoms with Gasteiger partial charge >= 0.3 is 5.97 Å². The maximum Gasteiger partial charge on any atom is 0.311 e. The predicted octanol–water partition coefficient (Wildman–Crippen LogP) is 2.14. The molecule has 4 nitrogen and oxygen atoms in total. The molecular formula is C15H23NO3. The van der Waals surface area contributed by atoms with E-state index in [0.717, 1.165) is 32.1 Å². The van der Waals surface area contributed by atoms with Gasteiger partial charge in [-0.1, -0.05) is 20.3 Å². The zero-order valence-electron chi connectivity index (χ0n) is 11.8. The van der Waals surface area contributed by atoms with Crippen LogP contribution in [0.2, 0.25) is 0 Å². The Morgan fingerprint density at radius 2 is 1.95 bits per heavy atom. The van der Waals surface area contributed by atoms with Crippen LogP contribution in [0.3, 0.4) is 0 Å². The number of carbonyl (C=O) groups is 2. The molecule has 1 heterocycles. The van der Waals surface area contributed by atoms with Gasteiger partial charge in [0.15, 0.2) is 0 Å². The van der Waals surface area contributed by atoms with Crippen molar-refractivity contribution in [2.75, 3.05) is 13.1 Å². The summed E-state index contributed by atoms with van der Waals surface area (Å²) in [6, 6.07) is 0. The average Bonchev–Trinajstić information content (AvgIpc) is 2.92. The molecule has 0 aromatic rings. The van der Waals surface area contributed by atoms with Crippen LogP contribution >= 0.6 is 0 Å². The lowest BCUT2D eigenvalue weighted by molar-refractivity contribution is -0.150. The van der Waals surface area contributed by atoms with Gasteiger partial charge in [-0.25, -0.2) is 0 Å². The number of amides is 1. The van der Waals surface area contributed by atoms with Crippen molar-refractivity contribution in [2.45, 2.75) is 46.0 Å². The fourth-order valence-electron chi connectivity index (χ4n) is 4.28. The molecule has 0 spiro atoms. The first kappa shape index (κ1) is 12.9. The second-order valence-corrected chi connectivity index (χ2v) is 7.05. The van der Waals surface area contributed by atoms with E-state index in [0.29, 0.717) is 19.0 Å². The quantitative estimate of drug-likeness (QED) is 0.850. The third-order valence-corrected chi connectivity index (χ3v) is 5.90.